The molecule has 2 unspecified atom stereocenters. The molecule has 1 fully saturated rings. The lowest BCUT2D eigenvalue weighted by molar-refractivity contribution is 0.194. The van der Waals surface area contributed by atoms with Gasteiger partial charge in [-0.2, -0.15) is 0 Å². The number of para-hydroxylation sites is 1. The van der Waals surface area contributed by atoms with E-state index in [-0.39, 0.29) is 28.5 Å². The monoisotopic (exact) mass is 863 g/mol. The van der Waals surface area contributed by atoms with Crippen LogP contribution in [0.3, 0.4) is 0 Å². The minimum absolute atomic E-state index is 0.00415. The molecule has 1 aliphatic carbocycles. The zero-order valence-electron chi connectivity index (χ0n) is 40.8. The second-order valence-corrected chi connectivity index (χ2v) is 22.8. The van der Waals surface area contributed by atoms with Crippen LogP contribution in [0.2, 0.25) is 0 Å². The highest BCUT2D eigenvalue weighted by molar-refractivity contribution is 7.00. The van der Waals surface area contributed by atoms with Crippen molar-refractivity contribution in [2.45, 2.75) is 124 Å². The predicted molar refractivity (Wildman–Crippen MR) is 282 cm³/mol. The molecule has 0 spiro atoms. The van der Waals surface area contributed by atoms with Crippen LogP contribution in [-0.4, -0.2) is 12.3 Å². The predicted octanol–water partition coefficient (Wildman–Crippen LogP) is 14.9. The van der Waals surface area contributed by atoms with Crippen molar-refractivity contribution >= 4 is 90.5 Å². The number of aryl methyl sites for hydroxylation is 3. The Bertz CT molecular complexity index is 3330. The van der Waals surface area contributed by atoms with Gasteiger partial charge in [-0.15, -0.1) is 0 Å². The Morgan fingerprint density at radius 1 is 0.530 bits per heavy atom. The summed E-state index contributed by atoms with van der Waals surface area (Å²) in [4.78, 5) is 7.95. The fourth-order valence-electron chi connectivity index (χ4n) is 13.1. The first-order valence-corrected chi connectivity index (χ1v) is 24.4. The molecular weight excluding hydrogens is 802 g/mol. The van der Waals surface area contributed by atoms with Crippen LogP contribution in [0, 0.1) is 20.8 Å². The van der Waals surface area contributed by atoms with Crippen LogP contribution in [-0.2, 0) is 16.2 Å². The van der Waals surface area contributed by atoms with Crippen LogP contribution in [0.1, 0.15) is 114 Å². The molecule has 0 N–H and O–H groups in total. The Morgan fingerprint density at radius 2 is 1.18 bits per heavy atom. The smallest absolute Gasteiger partial charge is 0.252 e. The van der Waals surface area contributed by atoms with Gasteiger partial charge in [0.1, 0.15) is 11.2 Å². The van der Waals surface area contributed by atoms with Crippen molar-refractivity contribution in [1.82, 2.24) is 0 Å². The lowest BCUT2D eigenvalue weighted by Gasteiger charge is -2.51. The Kier molecular flexibility index (Phi) is 8.70. The van der Waals surface area contributed by atoms with E-state index in [9.17, 15) is 0 Å². The van der Waals surface area contributed by atoms with E-state index in [1.165, 1.54) is 109 Å². The number of furan rings is 1. The molecule has 1 aromatic heterocycles. The minimum atomic E-state index is -0.0790. The molecule has 7 aromatic carbocycles. The summed E-state index contributed by atoms with van der Waals surface area (Å²) in [6, 6.07) is 49.2. The zero-order chi connectivity index (χ0) is 45.8. The maximum Gasteiger partial charge on any atom is 0.252 e. The van der Waals surface area contributed by atoms with Gasteiger partial charge in [-0.25, -0.2) is 0 Å². The van der Waals surface area contributed by atoms with Gasteiger partial charge in [0.25, 0.3) is 6.71 Å². The highest BCUT2D eigenvalue weighted by Crippen LogP contribution is 2.62. The van der Waals surface area contributed by atoms with Gasteiger partial charge in [-0.1, -0.05) is 122 Å². The molecule has 4 heterocycles. The maximum absolute atomic E-state index is 6.67. The van der Waals surface area contributed by atoms with Gasteiger partial charge in [0.2, 0.25) is 0 Å². The van der Waals surface area contributed by atoms with Crippen LogP contribution in [0.15, 0.2) is 132 Å². The third kappa shape index (κ3) is 5.71. The van der Waals surface area contributed by atoms with Gasteiger partial charge < -0.3 is 19.1 Å². The molecule has 2 atom stereocenters. The highest BCUT2D eigenvalue weighted by atomic mass is 16.3. The SMILES string of the molecule is Cc1cc2c3c(c1)N(c1cccc4oc5ccccc5c14)c1cc(N4c5cc(C)cc(C)c5C5(C)CCCCC45C)ccc1B3c1cc(C(C)(C)C)ccc1N2c1ccc(C(C)(C)C)cc1. The molecule has 0 amide bonds. The molecule has 66 heavy (non-hydrogen) atoms. The van der Waals surface area contributed by atoms with E-state index in [0.29, 0.717) is 0 Å². The van der Waals surface area contributed by atoms with E-state index in [4.69, 9.17) is 4.42 Å². The third-order valence-corrected chi connectivity index (χ3v) is 16.5. The summed E-state index contributed by atoms with van der Waals surface area (Å²) < 4.78 is 6.67. The molecule has 0 bridgehead atoms. The van der Waals surface area contributed by atoms with Crippen molar-refractivity contribution in [1.29, 1.82) is 0 Å². The average Bonchev–Trinajstić information content (AvgIpc) is 3.75. The summed E-state index contributed by atoms with van der Waals surface area (Å²) in [6.45, 7) is 26.0. The van der Waals surface area contributed by atoms with Crippen molar-refractivity contribution in [2.24, 2.45) is 0 Å². The summed E-state index contributed by atoms with van der Waals surface area (Å²) in [7, 11) is 0. The minimum Gasteiger partial charge on any atom is -0.456 e. The first kappa shape index (κ1) is 41.3. The van der Waals surface area contributed by atoms with Gasteiger partial charge in [0, 0.05) is 50.6 Å². The summed E-state index contributed by atoms with van der Waals surface area (Å²) in [5, 5.41) is 2.28. The Hall–Kier alpha value is -6.20. The van der Waals surface area contributed by atoms with Gasteiger partial charge in [0.05, 0.1) is 16.6 Å². The van der Waals surface area contributed by atoms with Crippen molar-refractivity contribution in [3.05, 3.63) is 161 Å². The van der Waals surface area contributed by atoms with Crippen molar-refractivity contribution in [3.63, 3.8) is 0 Å². The van der Waals surface area contributed by atoms with Gasteiger partial charge in [0.15, 0.2) is 0 Å². The quantitative estimate of drug-likeness (QED) is 0.165. The first-order chi connectivity index (χ1) is 31.5. The largest absolute Gasteiger partial charge is 0.456 e. The van der Waals surface area contributed by atoms with Gasteiger partial charge >= 0.3 is 0 Å². The van der Waals surface area contributed by atoms with E-state index in [0.717, 1.165) is 34.0 Å². The topological polar surface area (TPSA) is 22.9 Å². The summed E-state index contributed by atoms with van der Waals surface area (Å²) in [5.41, 5.74) is 23.9. The number of anilines is 8. The molecule has 8 aromatic rings. The van der Waals surface area contributed by atoms with Crippen molar-refractivity contribution < 1.29 is 4.42 Å². The second-order valence-electron chi connectivity index (χ2n) is 22.8. The molecule has 330 valence electrons. The standard InChI is InChI=1S/C61H62BN3O/c1-37-31-39(3)56-50(32-37)65(61(11)30-15-14-29-60(56,61)10)43-26-27-45-49(36-43)64(48-18-16-20-54-55(48)44-17-12-13-19-53(44)66-54)52-34-38(2)33-51-57(52)62(45)46-35-41(59(7,8)9)23-28-47(46)63(51)42-24-21-40(22-25-42)58(4,5)6/h12-13,16-28,31-36H,14-15,29-30H2,1-11H3. The van der Waals surface area contributed by atoms with E-state index in [2.05, 4.69) is 218 Å². The molecule has 12 rings (SSSR count). The van der Waals surface area contributed by atoms with E-state index in [1.807, 2.05) is 0 Å². The third-order valence-electron chi connectivity index (χ3n) is 16.5. The number of rotatable bonds is 3. The number of hydrogen-bond acceptors (Lipinski definition) is 4. The van der Waals surface area contributed by atoms with E-state index < -0.39 is 0 Å². The van der Waals surface area contributed by atoms with Crippen LogP contribution < -0.4 is 31.1 Å². The Labute approximate surface area is 392 Å². The van der Waals surface area contributed by atoms with Gasteiger partial charge in [-0.05, 0) is 168 Å². The first-order valence-electron chi connectivity index (χ1n) is 24.4. The van der Waals surface area contributed by atoms with E-state index >= 15 is 0 Å². The fraction of sp³-hybridized carbons (Fsp3) is 0.311. The second kappa shape index (κ2) is 13.9. The lowest BCUT2D eigenvalue weighted by Crippen LogP contribution is -2.61. The summed E-state index contributed by atoms with van der Waals surface area (Å²) >= 11 is 0. The zero-order valence-corrected chi connectivity index (χ0v) is 40.8. The molecular formula is C61H62BN3O. The highest BCUT2D eigenvalue weighted by Gasteiger charge is 2.58. The molecule has 1 saturated carbocycles. The number of nitrogens with zero attached hydrogens (tertiary/aromatic N) is 3. The molecule has 3 aliphatic heterocycles. The molecule has 0 radical (unpaired) electrons. The van der Waals surface area contributed by atoms with E-state index in [1.54, 1.807) is 0 Å². The maximum atomic E-state index is 6.67. The van der Waals surface area contributed by atoms with Crippen molar-refractivity contribution in [3.8, 4) is 0 Å². The van der Waals surface area contributed by atoms with Crippen molar-refractivity contribution in [2.75, 3.05) is 14.7 Å². The average molecular weight is 864 g/mol. The summed E-state index contributed by atoms with van der Waals surface area (Å²) in [5.74, 6) is 0. The number of fused-ring (bicyclic) bond motifs is 10. The number of hydrogen-bond donors (Lipinski definition) is 0. The van der Waals surface area contributed by atoms with Gasteiger partial charge in [-0.3, -0.25) is 0 Å². The Balaban J connectivity index is 1.18. The Morgan fingerprint density at radius 3 is 1.94 bits per heavy atom. The van der Waals surface area contributed by atoms with Crippen LogP contribution >= 0.6 is 0 Å². The summed E-state index contributed by atoms with van der Waals surface area (Å²) in [6.07, 6.45) is 4.85. The number of benzene rings is 7. The molecule has 5 heteroatoms. The molecule has 4 nitrogen and oxygen atoms in total. The van der Waals surface area contributed by atoms with Crippen LogP contribution in [0.4, 0.5) is 45.5 Å². The van der Waals surface area contributed by atoms with Crippen LogP contribution in [0.25, 0.3) is 21.9 Å². The molecule has 4 aliphatic rings. The normalized spacial score (nSPS) is 19.8. The fourth-order valence-corrected chi connectivity index (χ4v) is 13.1. The lowest BCUT2D eigenvalue weighted by atomic mass is 9.33. The van der Waals surface area contributed by atoms with Crippen LogP contribution in [0.5, 0.6) is 0 Å². The molecule has 0 saturated heterocycles.